The van der Waals surface area contributed by atoms with Crippen molar-refractivity contribution < 1.29 is 40.7 Å². The van der Waals surface area contributed by atoms with Gasteiger partial charge in [-0.25, -0.2) is 16.8 Å². The summed E-state index contributed by atoms with van der Waals surface area (Å²) in [7, 11) is 3.00. The molecule has 1 fully saturated rings. The number of carbonyl (C=O) groups excluding carboxylic acids is 3. The molecular weight excluding hydrogens is 1640 g/mol. The van der Waals surface area contributed by atoms with Crippen LogP contribution in [0.1, 0.15) is 62.8 Å². The topological polar surface area (TPSA) is 308 Å². The number of nitrogens with one attached hydrogen (secondary N) is 5. The van der Waals surface area contributed by atoms with Crippen LogP contribution in [0.3, 0.4) is 0 Å². The number of methoxy groups -OCH3 is 1. The van der Waals surface area contributed by atoms with Crippen molar-refractivity contribution in [1.29, 1.82) is 0 Å². The fourth-order valence-electron chi connectivity index (χ4n) is 14.6. The zero-order valence-corrected chi connectivity index (χ0v) is 73.8. The lowest BCUT2D eigenvalue weighted by Crippen LogP contribution is -2.20. The largest absolute Gasteiger partial charge is 0.496 e. The van der Waals surface area contributed by atoms with E-state index in [1.807, 2.05) is 166 Å². The Morgan fingerprint density at radius 1 is 0.386 bits per heavy atom. The van der Waals surface area contributed by atoms with Gasteiger partial charge in [0.2, 0.25) is 11.8 Å². The predicted octanol–water partition coefficient (Wildman–Crippen LogP) is 17.3. The zero-order valence-electron chi connectivity index (χ0n) is 72.2. The van der Waals surface area contributed by atoms with Crippen molar-refractivity contribution in [1.82, 2.24) is 22.8 Å². The van der Waals surface area contributed by atoms with E-state index in [0.717, 1.165) is 142 Å². The first-order chi connectivity index (χ1) is 60.8. The highest BCUT2D eigenvalue weighted by molar-refractivity contribution is 7.95. The minimum absolute atomic E-state index is 0.00803. The Morgan fingerprint density at radius 3 is 1.04 bits per heavy atom. The maximum atomic E-state index is 12.5. The van der Waals surface area contributed by atoms with E-state index in [9.17, 15) is 55.2 Å². The number of nitrogens with zero attached hydrogens (tertiary/aromatic N) is 5. The van der Waals surface area contributed by atoms with Crippen LogP contribution in [0.4, 0.5) is 28.4 Å². The lowest BCUT2D eigenvalue weighted by Gasteiger charge is -2.16. The Morgan fingerprint density at radius 2 is 0.693 bits per heavy atom. The second-order valence-electron chi connectivity index (χ2n) is 29.8. The second kappa shape index (κ2) is 40.9. The van der Waals surface area contributed by atoms with Crippen molar-refractivity contribution in [2.24, 2.45) is 35.2 Å². The lowest BCUT2D eigenvalue weighted by atomic mass is 9.94. The van der Waals surface area contributed by atoms with Crippen molar-refractivity contribution >= 4 is 109 Å². The third-order valence-corrected chi connectivity index (χ3v) is 23.1. The summed E-state index contributed by atoms with van der Waals surface area (Å²) in [4.78, 5) is 96.4. The van der Waals surface area contributed by atoms with E-state index in [1.165, 1.54) is 16.7 Å². The first kappa shape index (κ1) is 92.5. The van der Waals surface area contributed by atoms with E-state index < -0.39 is 26.0 Å². The molecule has 0 aliphatic heterocycles. The van der Waals surface area contributed by atoms with Gasteiger partial charge in [0.15, 0.2) is 0 Å². The average molecular weight is 1740 g/mol. The molecule has 0 bridgehead atoms. The average Bonchev–Trinajstić information content (AvgIpc) is 1.75. The molecule has 1 aliphatic carbocycles. The van der Waals surface area contributed by atoms with E-state index >= 15 is 0 Å². The second-order valence-corrected chi connectivity index (χ2v) is 33.0. The molecule has 0 radical (unpaired) electrons. The van der Waals surface area contributed by atoms with Crippen LogP contribution >= 0.6 is 0 Å². The van der Waals surface area contributed by atoms with Gasteiger partial charge in [-0.2, -0.15) is 0 Å². The molecule has 5 N–H and O–H groups in total. The van der Waals surface area contributed by atoms with E-state index in [4.69, 9.17) is 15.9 Å². The van der Waals surface area contributed by atoms with Crippen LogP contribution in [0.2, 0.25) is 0 Å². The number of amides is 3. The van der Waals surface area contributed by atoms with Gasteiger partial charge in [-0.15, -0.1) is 6.42 Å². The third-order valence-electron chi connectivity index (χ3n) is 21.2. The van der Waals surface area contributed by atoms with Crippen molar-refractivity contribution in [3.05, 3.63) is 348 Å². The number of terminal acetylenes is 1. The Labute approximate surface area is 736 Å². The van der Waals surface area contributed by atoms with Gasteiger partial charge in [-0.05, 0) is 215 Å². The molecule has 14 aromatic rings. The normalized spacial score (nSPS) is 11.4. The summed E-state index contributed by atoms with van der Waals surface area (Å²) < 4.78 is 71.7. The van der Waals surface area contributed by atoms with Crippen LogP contribution in [-0.4, -0.2) is 70.6 Å². The van der Waals surface area contributed by atoms with Gasteiger partial charge < -0.3 is 48.3 Å². The Hall–Kier alpha value is -15.2. The van der Waals surface area contributed by atoms with E-state index in [2.05, 4.69) is 71.5 Å². The molecule has 1 aliphatic rings. The summed E-state index contributed by atoms with van der Waals surface area (Å²) in [5.41, 5.74) is 15.6. The fraction of sp³-hybridized carbons (Fsp3) is 0.168. The van der Waals surface area contributed by atoms with Crippen LogP contribution in [-0.2, 0) is 95.4 Å². The van der Waals surface area contributed by atoms with Gasteiger partial charge in [0.1, 0.15) is 11.5 Å². The highest BCUT2D eigenvalue weighted by Gasteiger charge is 2.27. The molecule has 9 aromatic carbocycles. The maximum Gasteiger partial charge on any atom is 0.300 e. The SMILES string of the molecule is C#CC(=O)Nc1ccc(CC)c(-c2cn(C)c(=O)c3ccccc23)c1.C=CC(=O)Nc1ccc(CC)c(-c2cn(C)c(=O)c3ccccc23)c1.C=CC(=O)Nc1ccc(OC)c(-c2cc(CC)c(=O)n(C)c2)c1.C=CS(=O)(=O)Nc1ccc(CC)c(-c2cn(C)c(=O)c3ccccc23)c1.C=CS(=O)(=O)Nc1ccc(OC2CC2)c(-c2cn(C)c(=O)c3ccccc23)c1. The Bertz CT molecular complexity index is 7310. The van der Waals surface area contributed by atoms with Gasteiger partial charge in [0.05, 0.1) is 13.2 Å². The lowest BCUT2D eigenvalue weighted by molar-refractivity contribution is -0.112. The molecule has 26 heteroatoms. The summed E-state index contributed by atoms with van der Waals surface area (Å²) in [5.74, 6) is 2.36. The van der Waals surface area contributed by atoms with Gasteiger partial charge in [-0.1, -0.05) is 145 Å². The van der Waals surface area contributed by atoms with Gasteiger partial charge in [-0.3, -0.25) is 47.8 Å². The zero-order chi connectivity index (χ0) is 91.7. The molecule has 24 nitrogen and oxygen atoms in total. The molecule has 0 spiro atoms. The van der Waals surface area contributed by atoms with Gasteiger partial charge in [0, 0.05) is 172 Å². The molecular formula is C101H98N10O14S2. The first-order valence-corrected chi connectivity index (χ1v) is 43.8. The first-order valence-electron chi connectivity index (χ1n) is 40.7. The Balaban J connectivity index is 0.000000154. The van der Waals surface area contributed by atoms with Crippen LogP contribution in [0.15, 0.2) is 298 Å². The fourth-order valence-corrected chi connectivity index (χ4v) is 15.7. The summed E-state index contributed by atoms with van der Waals surface area (Å²) in [6, 6.07) is 59.3. The molecule has 0 saturated heterocycles. The molecule has 15 rings (SSSR count). The number of hydrogen-bond acceptors (Lipinski definition) is 14. The van der Waals surface area contributed by atoms with E-state index in [-0.39, 0.29) is 45.7 Å². The minimum Gasteiger partial charge on any atom is -0.496 e. The number of aromatic nitrogens is 5. The summed E-state index contributed by atoms with van der Waals surface area (Å²) in [6.45, 7) is 21.7. The van der Waals surface area contributed by atoms with Crippen LogP contribution in [0, 0.1) is 12.3 Å². The number of ether oxygens (including phenoxy) is 2. The molecule has 0 unspecified atom stereocenters. The number of anilines is 5. The number of fused-ring (bicyclic) bond motifs is 4. The summed E-state index contributed by atoms with van der Waals surface area (Å²) in [5, 5.41) is 16.0. The summed E-state index contributed by atoms with van der Waals surface area (Å²) in [6.07, 6.45) is 21.9. The number of rotatable bonds is 23. The number of sulfonamides is 2. The smallest absolute Gasteiger partial charge is 0.300 e. The maximum absolute atomic E-state index is 12.5. The number of carbonyl (C=O) groups is 3. The molecule has 648 valence electrons. The Kier molecular flexibility index (Phi) is 29.8. The van der Waals surface area contributed by atoms with Crippen LogP contribution in [0.5, 0.6) is 11.5 Å². The number of hydrogen-bond donors (Lipinski definition) is 5. The van der Waals surface area contributed by atoms with Crippen LogP contribution < -0.4 is 62.7 Å². The summed E-state index contributed by atoms with van der Waals surface area (Å²) >= 11 is 0. The molecule has 0 atom stereocenters. The third kappa shape index (κ3) is 21.9. The monoisotopic (exact) mass is 1740 g/mol. The predicted molar refractivity (Wildman–Crippen MR) is 514 cm³/mol. The molecule has 5 heterocycles. The minimum atomic E-state index is -3.63. The van der Waals surface area contributed by atoms with Crippen molar-refractivity contribution in [3.8, 4) is 79.5 Å². The highest BCUT2D eigenvalue weighted by atomic mass is 32.2. The molecule has 1 saturated carbocycles. The van der Waals surface area contributed by atoms with E-state index in [1.54, 1.807) is 134 Å². The number of aryl methyl sites for hydroxylation is 9. The standard InChI is InChI=1S/C21H20N2O4S.C21H20N2O2.C21H18N2O2.C20H20N2O3S.C18H20N2O3/c1-3-28(25,26)22-14-8-11-20(27-15-9-10-15)18(12-14)19-13-23(2)21(24)17-7-5-4-6-16(17)19;2*1-4-14-10-11-15(22-20(24)5-2)12-18(14)19-13-23(3)21(25)17-9-7-6-8-16(17)19;1-4-14-10-11-15(21-26(24,25)5-2)12-18(14)19-13-22(3)20(23)17-9-7-6-8-16(17)19;1-5-12-9-13(11-20(3)18(12)22)15-10-14(19-17(21)6-2)7-8-16(15)23-4/h3-8,11-13,15,22H,1,9-10H2,2H3;5-13H,2,4H2,1,3H3,(H,22,24);2,6-13H,4H2,1,3H3,(H,22,24);5-13,21H,2,4H2,1,3H3;6-11H,2,5H2,1,3-4H3,(H,19,21). The number of pyridine rings is 5. The molecule has 3 amide bonds. The van der Waals surface area contributed by atoms with Gasteiger partial charge >= 0.3 is 0 Å². The molecule has 5 aromatic heterocycles. The van der Waals surface area contributed by atoms with Crippen molar-refractivity contribution in [2.75, 3.05) is 32.5 Å². The van der Waals surface area contributed by atoms with Crippen molar-refractivity contribution in [3.63, 3.8) is 0 Å². The highest BCUT2D eigenvalue weighted by Crippen LogP contribution is 2.41. The van der Waals surface area contributed by atoms with Crippen LogP contribution in [0.25, 0.3) is 98.7 Å². The van der Waals surface area contributed by atoms with E-state index in [0.29, 0.717) is 67.9 Å². The number of benzene rings is 9. The van der Waals surface area contributed by atoms with Gasteiger partial charge in [0.25, 0.3) is 53.8 Å². The quantitative estimate of drug-likeness (QED) is 0.0294. The van der Waals surface area contributed by atoms with Crippen molar-refractivity contribution in [2.45, 2.75) is 72.3 Å². The molecule has 127 heavy (non-hydrogen) atoms.